The Morgan fingerprint density at radius 1 is 1.16 bits per heavy atom. The van der Waals surface area contributed by atoms with Gasteiger partial charge < -0.3 is 10.1 Å². The Morgan fingerprint density at radius 3 is 2.62 bits per heavy atom. The second kappa shape index (κ2) is 9.80. The van der Waals surface area contributed by atoms with Gasteiger partial charge in [0.1, 0.15) is 4.75 Å². The maximum Gasteiger partial charge on any atom is 0.303 e. The summed E-state index contributed by atoms with van der Waals surface area (Å²) in [6.45, 7) is 0.821. The van der Waals surface area contributed by atoms with Crippen LogP contribution < -0.4 is 10.8 Å². The van der Waals surface area contributed by atoms with Crippen molar-refractivity contribution in [1.82, 2.24) is 5.48 Å². The smallest absolute Gasteiger partial charge is 0.303 e. The molecule has 1 saturated heterocycles. The largest absolute Gasteiger partial charge is 0.456 e. The van der Waals surface area contributed by atoms with E-state index in [1.54, 1.807) is 35.8 Å². The highest BCUT2D eigenvalue weighted by molar-refractivity contribution is 7.92. The Labute approximate surface area is 189 Å². The Bertz CT molecular complexity index is 1130. The second-order valence-electron chi connectivity index (χ2n) is 7.56. The number of thiophene rings is 1. The van der Waals surface area contributed by atoms with Crippen LogP contribution in [0.15, 0.2) is 36.4 Å². The molecule has 0 saturated carbocycles. The number of rotatable bonds is 7. The summed E-state index contributed by atoms with van der Waals surface area (Å²) in [5.41, 5.74) is 2.80. The van der Waals surface area contributed by atoms with E-state index in [2.05, 4.69) is 10.1 Å². The lowest BCUT2D eigenvalue weighted by molar-refractivity contribution is -0.144. The average Bonchev–Trinajstić information content (AvgIpc) is 3.24. The molecule has 0 spiro atoms. The van der Waals surface area contributed by atoms with E-state index in [9.17, 15) is 22.8 Å². The highest BCUT2D eigenvalue weighted by atomic mass is 32.2. The molecule has 3 rings (SSSR count). The summed E-state index contributed by atoms with van der Waals surface area (Å²) in [5.74, 6) is -1.79. The number of esters is 1. The average molecular weight is 481 g/mol. The molecule has 1 aliphatic rings. The first-order valence-electron chi connectivity index (χ1n) is 9.96. The summed E-state index contributed by atoms with van der Waals surface area (Å²) >= 11 is 1.27. The van der Waals surface area contributed by atoms with Crippen LogP contribution in [-0.2, 0) is 33.7 Å². The maximum absolute atomic E-state index is 13.0. The topological polar surface area (TPSA) is 139 Å². The van der Waals surface area contributed by atoms with Crippen LogP contribution in [0.5, 0.6) is 0 Å². The summed E-state index contributed by atoms with van der Waals surface area (Å²) in [6.07, 6.45) is 1.15. The molecular formula is C21H24N2O7S2. The van der Waals surface area contributed by atoms with Gasteiger partial charge in [-0.3, -0.25) is 19.6 Å². The molecule has 1 atom stereocenters. The van der Waals surface area contributed by atoms with Gasteiger partial charge in [-0.2, -0.15) is 0 Å². The Hall–Kier alpha value is -2.76. The van der Waals surface area contributed by atoms with E-state index in [0.717, 1.165) is 10.4 Å². The number of hydrogen-bond donors (Lipinski definition) is 3. The summed E-state index contributed by atoms with van der Waals surface area (Å²) in [6, 6.07) is 10.5. The van der Waals surface area contributed by atoms with Crippen LogP contribution in [0.4, 0.5) is 5.69 Å². The highest BCUT2D eigenvalue weighted by Crippen LogP contribution is 2.47. The molecule has 2 aromatic rings. The number of hydroxylamine groups is 1. The predicted molar refractivity (Wildman–Crippen MR) is 119 cm³/mol. The molecule has 0 unspecified atom stereocenters. The fraction of sp³-hybridized carbons (Fsp3) is 0.381. The third kappa shape index (κ3) is 5.17. The van der Waals surface area contributed by atoms with Crippen molar-refractivity contribution >= 4 is 44.6 Å². The molecule has 172 valence electrons. The normalized spacial score (nSPS) is 19.7. The third-order valence-electron chi connectivity index (χ3n) is 5.30. The number of sulfone groups is 1. The molecule has 32 heavy (non-hydrogen) atoms. The van der Waals surface area contributed by atoms with Crippen LogP contribution in [0.3, 0.4) is 0 Å². The molecule has 0 aliphatic carbocycles. The monoisotopic (exact) mass is 480 g/mol. The van der Waals surface area contributed by atoms with Gasteiger partial charge in [0.15, 0.2) is 16.4 Å². The van der Waals surface area contributed by atoms with E-state index in [1.165, 1.54) is 18.3 Å². The van der Waals surface area contributed by atoms with Crippen LogP contribution in [0, 0.1) is 0 Å². The number of carbonyl (C=O) groups excluding carboxylic acids is 3. The van der Waals surface area contributed by atoms with E-state index >= 15 is 0 Å². The molecule has 3 N–H and O–H groups in total. The van der Waals surface area contributed by atoms with Crippen molar-refractivity contribution in [2.45, 2.75) is 37.4 Å². The molecule has 1 aromatic heterocycles. The lowest BCUT2D eigenvalue weighted by atomic mass is 9.94. The van der Waals surface area contributed by atoms with Crippen LogP contribution in [0.25, 0.3) is 10.4 Å². The number of ether oxygens (including phenoxy) is 1. The Kier molecular flexibility index (Phi) is 7.32. The predicted octanol–water partition coefficient (Wildman–Crippen LogP) is 2.61. The van der Waals surface area contributed by atoms with Gasteiger partial charge in [0.05, 0.1) is 12.2 Å². The molecule has 2 heterocycles. The standard InChI is InChI=1S/C21H24N2O7S2/c1-14(24)30-13-20(26)22-16-6-4-5-15(11-16)17-7-8-18(31-17)21(12-19(25)23-27)9-2-3-10-32(21,28)29/h4-8,11,27H,2-3,9-10,12-13H2,1H3,(H,22,26)(H,23,25)/t21-/m0/s1. The van der Waals surface area contributed by atoms with E-state index in [0.29, 0.717) is 29.8 Å². The van der Waals surface area contributed by atoms with Crippen molar-refractivity contribution in [3.8, 4) is 10.4 Å². The first kappa shape index (κ1) is 23.9. The molecule has 9 nitrogen and oxygen atoms in total. The number of hydrogen-bond acceptors (Lipinski definition) is 8. The summed E-state index contributed by atoms with van der Waals surface area (Å²) in [7, 11) is -3.61. The van der Waals surface area contributed by atoms with Gasteiger partial charge in [-0.25, -0.2) is 13.9 Å². The molecular weight excluding hydrogens is 456 g/mol. The molecule has 0 bridgehead atoms. The van der Waals surface area contributed by atoms with Gasteiger partial charge in [-0.05, 0) is 42.7 Å². The van der Waals surface area contributed by atoms with Gasteiger partial charge >= 0.3 is 5.97 Å². The maximum atomic E-state index is 13.0. The van der Waals surface area contributed by atoms with Crippen molar-refractivity contribution in [3.05, 3.63) is 41.3 Å². The fourth-order valence-corrected chi connectivity index (χ4v) is 7.54. The van der Waals surface area contributed by atoms with E-state index in [-0.39, 0.29) is 12.2 Å². The minimum Gasteiger partial charge on any atom is -0.456 e. The first-order valence-corrected chi connectivity index (χ1v) is 12.4. The Morgan fingerprint density at radius 2 is 1.94 bits per heavy atom. The highest BCUT2D eigenvalue weighted by Gasteiger charge is 2.49. The second-order valence-corrected chi connectivity index (χ2v) is 11.1. The molecule has 2 amide bonds. The fourth-order valence-electron chi connectivity index (χ4n) is 3.77. The number of anilines is 1. The molecule has 1 fully saturated rings. The number of benzene rings is 1. The zero-order valence-corrected chi connectivity index (χ0v) is 19.1. The summed E-state index contributed by atoms with van der Waals surface area (Å²) < 4.78 is 29.4. The van der Waals surface area contributed by atoms with Crippen LogP contribution in [0.2, 0.25) is 0 Å². The zero-order valence-electron chi connectivity index (χ0n) is 17.4. The third-order valence-corrected chi connectivity index (χ3v) is 9.36. The van der Waals surface area contributed by atoms with Crippen LogP contribution in [-0.4, -0.2) is 43.8 Å². The number of nitrogens with one attached hydrogen (secondary N) is 2. The summed E-state index contributed by atoms with van der Waals surface area (Å²) in [5, 5.41) is 11.6. The van der Waals surface area contributed by atoms with Gasteiger partial charge in [0.25, 0.3) is 5.91 Å². The van der Waals surface area contributed by atoms with Crippen molar-refractivity contribution in [3.63, 3.8) is 0 Å². The van der Waals surface area contributed by atoms with Crippen molar-refractivity contribution in [1.29, 1.82) is 0 Å². The SMILES string of the molecule is CC(=O)OCC(=O)Nc1cccc(-c2ccc([C@@]3(CC(=O)NO)CCCCS3(=O)=O)s2)c1. The molecule has 11 heteroatoms. The van der Waals surface area contributed by atoms with E-state index in [4.69, 9.17) is 5.21 Å². The summed E-state index contributed by atoms with van der Waals surface area (Å²) in [4.78, 5) is 36.0. The zero-order chi connectivity index (χ0) is 23.4. The van der Waals surface area contributed by atoms with Crippen molar-refractivity contribution in [2.24, 2.45) is 0 Å². The van der Waals surface area contributed by atoms with Gasteiger partial charge in [-0.15, -0.1) is 11.3 Å². The number of amides is 2. The van der Waals surface area contributed by atoms with Crippen LogP contribution >= 0.6 is 11.3 Å². The van der Waals surface area contributed by atoms with Crippen molar-refractivity contribution < 1.29 is 32.7 Å². The van der Waals surface area contributed by atoms with Crippen molar-refractivity contribution in [2.75, 3.05) is 17.7 Å². The number of carbonyl (C=O) groups is 3. The quantitative estimate of drug-likeness (QED) is 0.314. The lowest BCUT2D eigenvalue weighted by Gasteiger charge is -2.35. The van der Waals surface area contributed by atoms with E-state index < -0.39 is 39.0 Å². The molecule has 1 aromatic carbocycles. The molecule has 1 aliphatic heterocycles. The molecule has 0 radical (unpaired) electrons. The first-order chi connectivity index (χ1) is 15.2. The minimum atomic E-state index is -3.61. The minimum absolute atomic E-state index is 0.0111. The Balaban J connectivity index is 1.89. The lowest BCUT2D eigenvalue weighted by Crippen LogP contribution is -2.43. The van der Waals surface area contributed by atoms with Crippen LogP contribution in [0.1, 0.15) is 37.5 Å². The van der Waals surface area contributed by atoms with Gasteiger partial charge in [0.2, 0.25) is 5.91 Å². The van der Waals surface area contributed by atoms with E-state index in [1.807, 2.05) is 6.07 Å². The van der Waals surface area contributed by atoms with Gasteiger partial charge in [0, 0.05) is 22.4 Å². The van der Waals surface area contributed by atoms with Gasteiger partial charge in [-0.1, -0.05) is 18.6 Å².